The number of piperidine rings is 1. The molecule has 1 aromatic carbocycles. The maximum Gasteiger partial charge on any atom is 0.227 e. The van der Waals surface area contributed by atoms with Gasteiger partial charge in [-0.3, -0.25) is 0 Å². The predicted octanol–water partition coefficient (Wildman–Crippen LogP) is 6.78. The fourth-order valence-corrected chi connectivity index (χ4v) is 6.94. The van der Waals surface area contributed by atoms with Crippen LogP contribution in [0.3, 0.4) is 0 Å². The molecule has 2 saturated heterocycles. The number of rotatable bonds is 7. The van der Waals surface area contributed by atoms with Crippen molar-refractivity contribution in [2.45, 2.75) is 70.4 Å². The standard InChI is InChI=1S/C28H37Cl2N5/c1-17-10-23(11-17)34-9-3-4-20(14-34)21-15-35(16-21)28-31-13-25(19-5-6-19)27(33-28)32-18(2)24-8-7-22(29)12-26(24)30/h7-8,12-13,17-21,23H,3-6,9-11,14-16H2,1-2H3,(H,31,32,33)/t17?,18-,20+,23?/m1/s1. The number of nitrogens with one attached hydrogen (secondary N) is 1. The van der Waals surface area contributed by atoms with Crippen LogP contribution in [0.1, 0.15) is 75.5 Å². The highest BCUT2D eigenvalue weighted by molar-refractivity contribution is 6.35. The van der Waals surface area contributed by atoms with Crippen LogP contribution in [0.15, 0.2) is 24.4 Å². The second-order valence-electron chi connectivity index (χ2n) is 11.6. The zero-order valence-corrected chi connectivity index (χ0v) is 22.4. The predicted molar refractivity (Wildman–Crippen MR) is 145 cm³/mol. The first-order valence-corrected chi connectivity index (χ1v) is 14.3. The third-order valence-corrected chi connectivity index (χ3v) is 9.38. The van der Waals surface area contributed by atoms with Gasteiger partial charge in [-0.15, -0.1) is 0 Å². The Labute approximate surface area is 219 Å². The number of aromatic nitrogens is 2. The number of hydrogen-bond acceptors (Lipinski definition) is 5. The molecular weight excluding hydrogens is 477 g/mol. The molecule has 0 unspecified atom stereocenters. The summed E-state index contributed by atoms with van der Waals surface area (Å²) in [4.78, 5) is 15.0. The quantitative estimate of drug-likeness (QED) is 0.441. The third-order valence-electron chi connectivity index (χ3n) is 8.82. The number of anilines is 2. The molecule has 6 rings (SSSR count). The van der Waals surface area contributed by atoms with Gasteiger partial charge in [0.15, 0.2) is 0 Å². The van der Waals surface area contributed by atoms with Crippen LogP contribution in [0.5, 0.6) is 0 Å². The molecule has 0 radical (unpaired) electrons. The first-order valence-electron chi connectivity index (χ1n) is 13.5. The fraction of sp³-hybridized carbons (Fsp3) is 0.643. The summed E-state index contributed by atoms with van der Waals surface area (Å²) in [5.74, 6) is 4.92. The van der Waals surface area contributed by atoms with E-state index in [2.05, 4.69) is 35.2 Å². The molecule has 4 aliphatic rings. The lowest BCUT2D eigenvalue weighted by atomic mass is 9.76. The van der Waals surface area contributed by atoms with E-state index in [0.717, 1.165) is 54.2 Å². The topological polar surface area (TPSA) is 44.3 Å². The highest BCUT2D eigenvalue weighted by Crippen LogP contribution is 2.44. The SMILES string of the molecule is CC1CC(N2CCC[C@H](C3CN(c4ncc(C5CC5)c(N[C@H](C)c5ccc(Cl)cc5Cl)n4)C3)C2)C1. The van der Waals surface area contributed by atoms with Crippen LogP contribution in [0.4, 0.5) is 11.8 Å². The second kappa shape index (κ2) is 9.72. The molecule has 2 atom stereocenters. The van der Waals surface area contributed by atoms with Gasteiger partial charge in [-0.05, 0) is 93.4 Å². The molecule has 7 heteroatoms. The average molecular weight is 515 g/mol. The minimum atomic E-state index is 0.0339. The summed E-state index contributed by atoms with van der Waals surface area (Å²) in [6, 6.07) is 6.59. The molecule has 188 valence electrons. The molecule has 0 bridgehead atoms. The largest absolute Gasteiger partial charge is 0.363 e. The molecule has 2 saturated carbocycles. The zero-order valence-electron chi connectivity index (χ0n) is 20.9. The Hall–Kier alpha value is -1.56. The van der Waals surface area contributed by atoms with Crippen LogP contribution in [0.2, 0.25) is 10.0 Å². The minimum Gasteiger partial charge on any atom is -0.363 e. The van der Waals surface area contributed by atoms with E-state index in [1.54, 1.807) is 0 Å². The monoisotopic (exact) mass is 513 g/mol. The van der Waals surface area contributed by atoms with Crippen LogP contribution in [0, 0.1) is 17.8 Å². The van der Waals surface area contributed by atoms with Gasteiger partial charge in [-0.25, -0.2) is 4.98 Å². The summed E-state index contributed by atoms with van der Waals surface area (Å²) in [6.45, 7) is 9.29. The minimum absolute atomic E-state index is 0.0339. The summed E-state index contributed by atoms with van der Waals surface area (Å²) in [5, 5.41) is 4.99. The Balaban J connectivity index is 1.12. The van der Waals surface area contributed by atoms with Crippen molar-refractivity contribution in [2.75, 3.05) is 36.4 Å². The van der Waals surface area contributed by atoms with E-state index in [9.17, 15) is 0 Å². The molecule has 1 aromatic heterocycles. The molecule has 3 heterocycles. The van der Waals surface area contributed by atoms with Gasteiger partial charge in [0, 0.05) is 47.5 Å². The maximum absolute atomic E-state index is 6.49. The number of benzene rings is 1. The molecule has 0 spiro atoms. The normalized spacial score (nSPS) is 28.3. The molecule has 35 heavy (non-hydrogen) atoms. The van der Waals surface area contributed by atoms with E-state index in [0.29, 0.717) is 16.0 Å². The van der Waals surface area contributed by atoms with E-state index in [4.69, 9.17) is 33.2 Å². The average Bonchev–Trinajstić information content (AvgIpc) is 3.61. The molecular formula is C28H37Cl2N5. The summed E-state index contributed by atoms with van der Waals surface area (Å²) in [7, 11) is 0. The number of nitrogens with zero attached hydrogens (tertiary/aromatic N) is 4. The Morgan fingerprint density at radius 1 is 1.06 bits per heavy atom. The van der Waals surface area contributed by atoms with Crippen molar-refractivity contribution in [1.82, 2.24) is 14.9 Å². The van der Waals surface area contributed by atoms with Crippen molar-refractivity contribution in [3.8, 4) is 0 Å². The van der Waals surface area contributed by atoms with Gasteiger partial charge in [0.2, 0.25) is 5.95 Å². The third kappa shape index (κ3) is 5.01. The molecule has 5 nitrogen and oxygen atoms in total. The summed E-state index contributed by atoms with van der Waals surface area (Å²) < 4.78 is 0. The van der Waals surface area contributed by atoms with Gasteiger partial charge in [0.25, 0.3) is 0 Å². The van der Waals surface area contributed by atoms with Crippen LogP contribution >= 0.6 is 23.2 Å². The summed E-state index contributed by atoms with van der Waals surface area (Å²) >= 11 is 12.6. The first kappa shape index (κ1) is 23.8. The Morgan fingerprint density at radius 3 is 2.57 bits per heavy atom. The van der Waals surface area contributed by atoms with Crippen molar-refractivity contribution in [3.05, 3.63) is 45.6 Å². The lowest BCUT2D eigenvalue weighted by Crippen LogP contribution is -2.56. The van der Waals surface area contributed by atoms with Crippen molar-refractivity contribution in [1.29, 1.82) is 0 Å². The zero-order chi connectivity index (χ0) is 24.1. The molecule has 2 aliphatic carbocycles. The number of halogens is 2. The van der Waals surface area contributed by atoms with Crippen molar-refractivity contribution >= 4 is 35.0 Å². The summed E-state index contributed by atoms with van der Waals surface area (Å²) in [5.41, 5.74) is 2.27. The number of hydrogen-bond donors (Lipinski definition) is 1. The van der Waals surface area contributed by atoms with Crippen molar-refractivity contribution in [2.24, 2.45) is 17.8 Å². The molecule has 0 amide bonds. The van der Waals surface area contributed by atoms with Crippen LogP contribution in [-0.2, 0) is 0 Å². The maximum atomic E-state index is 6.49. The van der Waals surface area contributed by atoms with Crippen molar-refractivity contribution in [3.63, 3.8) is 0 Å². The van der Waals surface area contributed by atoms with Crippen LogP contribution < -0.4 is 10.2 Å². The highest BCUT2D eigenvalue weighted by Gasteiger charge is 2.40. The van der Waals surface area contributed by atoms with Gasteiger partial charge < -0.3 is 15.1 Å². The molecule has 1 N–H and O–H groups in total. The van der Waals surface area contributed by atoms with Gasteiger partial charge in [-0.1, -0.05) is 36.2 Å². The van der Waals surface area contributed by atoms with E-state index in [-0.39, 0.29) is 6.04 Å². The van der Waals surface area contributed by atoms with Gasteiger partial charge >= 0.3 is 0 Å². The van der Waals surface area contributed by atoms with E-state index < -0.39 is 0 Å². The molecule has 2 aromatic rings. The van der Waals surface area contributed by atoms with E-state index >= 15 is 0 Å². The lowest BCUT2D eigenvalue weighted by Gasteiger charge is -2.50. The van der Waals surface area contributed by atoms with Crippen LogP contribution in [0.25, 0.3) is 0 Å². The highest BCUT2D eigenvalue weighted by atomic mass is 35.5. The Morgan fingerprint density at radius 2 is 1.86 bits per heavy atom. The Kier molecular flexibility index (Phi) is 6.61. The second-order valence-corrected chi connectivity index (χ2v) is 12.4. The van der Waals surface area contributed by atoms with Gasteiger partial charge in [-0.2, -0.15) is 4.98 Å². The first-order chi connectivity index (χ1) is 16.9. The molecule has 2 aliphatic heterocycles. The number of likely N-dealkylation sites (tertiary alicyclic amines) is 1. The fourth-order valence-electron chi connectivity index (χ4n) is 6.37. The van der Waals surface area contributed by atoms with Crippen LogP contribution in [-0.4, -0.2) is 47.1 Å². The van der Waals surface area contributed by atoms with E-state index in [1.165, 1.54) is 57.2 Å². The van der Waals surface area contributed by atoms with E-state index in [1.807, 2.05) is 18.2 Å². The van der Waals surface area contributed by atoms with Gasteiger partial charge in [0.05, 0.1) is 6.04 Å². The molecule has 4 fully saturated rings. The smallest absolute Gasteiger partial charge is 0.227 e. The lowest BCUT2D eigenvalue weighted by molar-refractivity contribution is 0.0294. The van der Waals surface area contributed by atoms with Crippen molar-refractivity contribution < 1.29 is 0 Å². The summed E-state index contributed by atoms with van der Waals surface area (Å²) in [6.07, 6.45) is 10.0. The Bertz CT molecular complexity index is 1060. The van der Waals surface area contributed by atoms with Gasteiger partial charge in [0.1, 0.15) is 5.82 Å².